The van der Waals surface area contributed by atoms with Gasteiger partial charge in [-0.15, -0.1) is 5.10 Å². The molecule has 1 aromatic heterocycles. The van der Waals surface area contributed by atoms with Crippen LogP contribution in [-0.2, 0) is 7.05 Å². The standard InChI is InChI=1S/C7H13N5OS/c1-4(5(8)9)3-14-7-11-10-6(13)12(7)2/h4H,3H2,1-2H3,(H3,8,9)(H,10,13). The van der Waals surface area contributed by atoms with Gasteiger partial charge in [0, 0.05) is 18.7 Å². The fourth-order valence-electron chi connectivity index (χ4n) is 0.751. The molecular formula is C7H13N5OS. The molecule has 1 atom stereocenters. The molecule has 0 fully saturated rings. The molecule has 0 radical (unpaired) electrons. The first-order chi connectivity index (χ1) is 6.52. The normalized spacial score (nSPS) is 12.7. The SMILES string of the molecule is CC(CSc1n[nH]c(=O)n1C)C(=N)N. The van der Waals surface area contributed by atoms with E-state index in [1.165, 1.54) is 16.3 Å². The van der Waals surface area contributed by atoms with E-state index in [1.54, 1.807) is 7.05 Å². The number of hydrogen-bond acceptors (Lipinski definition) is 4. The molecule has 14 heavy (non-hydrogen) atoms. The lowest BCUT2D eigenvalue weighted by molar-refractivity contribution is 0.762. The summed E-state index contributed by atoms with van der Waals surface area (Å²) in [5, 5.41) is 14.0. The number of hydrogen-bond donors (Lipinski definition) is 3. The Morgan fingerprint density at radius 3 is 2.93 bits per heavy atom. The van der Waals surface area contributed by atoms with Gasteiger partial charge in [0.25, 0.3) is 0 Å². The molecule has 78 valence electrons. The van der Waals surface area contributed by atoms with Crippen molar-refractivity contribution in [3.63, 3.8) is 0 Å². The lowest BCUT2D eigenvalue weighted by Crippen LogP contribution is -2.21. The fourth-order valence-corrected chi connectivity index (χ4v) is 1.72. The minimum Gasteiger partial charge on any atom is -0.387 e. The van der Waals surface area contributed by atoms with Crippen molar-refractivity contribution in [3.8, 4) is 0 Å². The second kappa shape index (κ2) is 4.32. The summed E-state index contributed by atoms with van der Waals surface area (Å²) in [6.07, 6.45) is 0. The van der Waals surface area contributed by atoms with Gasteiger partial charge in [0.2, 0.25) is 0 Å². The first kappa shape index (κ1) is 10.8. The number of H-pyrrole nitrogens is 1. The summed E-state index contributed by atoms with van der Waals surface area (Å²) < 4.78 is 1.43. The van der Waals surface area contributed by atoms with E-state index in [-0.39, 0.29) is 17.4 Å². The van der Waals surface area contributed by atoms with Crippen LogP contribution in [0.15, 0.2) is 9.95 Å². The highest BCUT2D eigenvalue weighted by Crippen LogP contribution is 2.15. The van der Waals surface area contributed by atoms with Crippen LogP contribution < -0.4 is 11.4 Å². The van der Waals surface area contributed by atoms with E-state index < -0.39 is 0 Å². The molecule has 6 nitrogen and oxygen atoms in total. The van der Waals surface area contributed by atoms with Crippen LogP contribution in [0.1, 0.15) is 6.92 Å². The van der Waals surface area contributed by atoms with Crippen molar-refractivity contribution in [2.45, 2.75) is 12.1 Å². The highest BCUT2D eigenvalue weighted by Gasteiger charge is 2.09. The van der Waals surface area contributed by atoms with Gasteiger partial charge in [-0.05, 0) is 0 Å². The second-order valence-corrected chi connectivity index (χ2v) is 4.02. The summed E-state index contributed by atoms with van der Waals surface area (Å²) in [7, 11) is 1.65. The summed E-state index contributed by atoms with van der Waals surface area (Å²) in [6, 6.07) is 0. The number of nitrogens with two attached hydrogens (primary N) is 1. The number of nitrogens with zero attached hydrogens (tertiary/aromatic N) is 2. The molecule has 0 amide bonds. The molecule has 1 rings (SSSR count). The summed E-state index contributed by atoms with van der Waals surface area (Å²) in [5.74, 6) is 0.790. The van der Waals surface area contributed by atoms with E-state index in [0.717, 1.165) is 0 Å². The van der Waals surface area contributed by atoms with Crippen LogP contribution in [0.3, 0.4) is 0 Å². The van der Waals surface area contributed by atoms with E-state index in [2.05, 4.69) is 10.2 Å². The van der Waals surface area contributed by atoms with Crippen molar-refractivity contribution >= 4 is 17.6 Å². The largest absolute Gasteiger partial charge is 0.387 e. The zero-order valence-corrected chi connectivity index (χ0v) is 8.89. The van der Waals surface area contributed by atoms with Crippen molar-refractivity contribution in [2.24, 2.45) is 18.7 Å². The van der Waals surface area contributed by atoms with Crippen molar-refractivity contribution in [3.05, 3.63) is 10.5 Å². The van der Waals surface area contributed by atoms with Crippen LogP contribution in [0.5, 0.6) is 0 Å². The van der Waals surface area contributed by atoms with E-state index in [1.807, 2.05) is 6.92 Å². The number of aromatic amines is 1. The Bertz CT molecular complexity index is 382. The minimum atomic E-state index is -0.233. The van der Waals surface area contributed by atoms with Gasteiger partial charge in [-0.2, -0.15) is 0 Å². The van der Waals surface area contributed by atoms with Gasteiger partial charge in [-0.3, -0.25) is 9.98 Å². The van der Waals surface area contributed by atoms with Crippen molar-refractivity contribution in [1.82, 2.24) is 14.8 Å². The summed E-state index contributed by atoms with van der Waals surface area (Å²) in [6.45, 7) is 1.86. The summed E-state index contributed by atoms with van der Waals surface area (Å²) in [5.41, 5.74) is 5.08. The number of aromatic nitrogens is 3. The molecule has 1 heterocycles. The molecule has 0 bridgehead atoms. The van der Waals surface area contributed by atoms with Crippen LogP contribution in [0.25, 0.3) is 0 Å². The lowest BCUT2D eigenvalue weighted by Gasteiger charge is -2.07. The van der Waals surface area contributed by atoms with Gasteiger partial charge in [-0.1, -0.05) is 18.7 Å². The molecule has 0 aromatic carbocycles. The zero-order valence-electron chi connectivity index (χ0n) is 8.07. The quantitative estimate of drug-likeness (QED) is 0.367. The topological polar surface area (TPSA) is 101 Å². The number of nitrogens with one attached hydrogen (secondary N) is 2. The minimum absolute atomic E-state index is 0.00759. The Kier molecular flexibility index (Phi) is 3.34. The molecule has 1 aromatic rings. The van der Waals surface area contributed by atoms with Crippen LogP contribution in [0.2, 0.25) is 0 Å². The number of rotatable bonds is 4. The Labute approximate surface area is 85.4 Å². The molecular weight excluding hydrogens is 202 g/mol. The lowest BCUT2D eigenvalue weighted by atomic mass is 10.2. The smallest absolute Gasteiger partial charge is 0.343 e. The Hall–Kier alpha value is -1.24. The highest BCUT2D eigenvalue weighted by molar-refractivity contribution is 7.99. The van der Waals surface area contributed by atoms with Crippen LogP contribution in [0, 0.1) is 11.3 Å². The monoisotopic (exact) mass is 215 g/mol. The maximum Gasteiger partial charge on any atom is 0.343 e. The average molecular weight is 215 g/mol. The van der Waals surface area contributed by atoms with Gasteiger partial charge < -0.3 is 5.73 Å². The second-order valence-electron chi connectivity index (χ2n) is 3.04. The maximum absolute atomic E-state index is 11.0. The maximum atomic E-state index is 11.0. The van der Waals surface area contributed by atoms with Gasteiger partial charge in [0.1, 0.15) is 0 Å². The fraction of sp³-hybridized carbons (Fsp3) is 0.571. The third-order valence-electron chi connectivity index (χ3n) is 1.83. The predicted molar refractivity (Wildman–Crippen MR) is 55.6 cm³/mol. The van der Waals surface area contributed by atoms with Gasteiger partial charge >= 0.3 is 5.69 Å². The molecule has 0 spiro atoms. The Balaban J connectivity index is 2.58. The molecule has 0 aliphatic rings. The zero-order chi connectivity index (χ0) is 10.7. The molecule has 4 N–H and O–H groups in total. The Morgan fingerprint density at radius 1 is 1.86 bits per heavy atom. The van der Waals surface area contributed by atoms with E-state index in [4.69, 9.17) is 11.1 Å². The Morgan fingerprint density at radius 2 is 2.50 bits per heavy atom. The van der Waals surface area contributed by atoms with Crippen LogP contribution in [0.4, 0.5) is 0 Å². The van der Waals surface area contributed by atoms with Crippen molar-refractivity contribution < 1.29 is 0 Å². The third kappa shape index (κ3) is 2.38. The predicted octanol–water partition coefficient (Wildman–Crippen LogP) is -0.227. The van der Waals surface area contributed by atoms with E-state index in [0.29, 0.717) is 10.9 Å². The van der Waals surface area contributed by atoms with Crippen LogP contribution >= 0.6 is 11.8 Å². The van der Waals surface area contributed by atoms with Crippen molar-refractivity contribution in [2.75, 3.05) is 5.75 Å². The number of amidine groups is 1. The molecule has 0 aliphatic carbocycles. The highest BCUT2D eigenvalue weighted by atomic mass is 32.2. The van der Waals surface area contributed by atoms with E-state index in [9.17, 15) is 4.79 Å². The third-order valence-corrected chi connectivity index (χ3v) is 3.12. The van der Waals surface area contributed by atoms with Gasteiger partial charge in [0.05, 0.1) is 5.84 Å². The molecule has 7 heteroatoms. The van der Waals surface area contributed by atoms with Crippen LogP contribution in [-0.4, -0.2) is 26.4 Å². The average Bonchev–Trinajstić information content (AvgIpc) is 2.44. The van der Waals surface area contributed by atoms with E-state index >= 15 is 0 Å². The first-order valence-electron chi connectivity index (χ1n) is 4.10. The molecule has 0 saturated heterocycles. The molecule has 0 aliphatic heterocycles. The molecule has 1 unspecified atom stereocenters. The number of thioether (sulfide) groups is 1. The molecule has 0 saturated carbocycles. The van der Waals surface area contributed by atoms with Gasteiger partial charge in [0.15, 0.2) is 5.16 Å². The van der Waals surface area contributed by atoms with Gasteiger partial charge in [-0.25, -0.2) is 9.89 Å². The summed E-state index contributed by atoms with van der Waals surface area (Å²) >= 11 is 1.40. The summed E-state index contributed by atoms with van der Waals surface area (Å²) in [4.78, 5) is 11.0. The first-order valence-corrected chi connectivity index (χ1v) is 5.09. The van der Waals surface area contributed by atoms with Crippen molar-refractivity contribution in [1.29, 1.82) is 5.41 Å².